The normalized spacial score (nSPS) is 13.2. The summed E-state index contributed by atoms with van der Waals surface area (Å²) < 4.78 is 0. The molecular weight excluding hydrogens is 246 g/mol. The van der Waals surface area contributed by atoms with E-state index in [1.165, 1.54) is 17.5 Å². The highest BCUT2D eigenvalue weighted by Crippen LogP contribution is 2.15. The van der Waals surface area contributed by atoms with Gasteiger partial charge in [0.15, 0.2) is 0 Å². The molecule has 0 aliphatic heterocycles. The summed E-state index contributed by atoms with van der Waals surface area (Å²) >= 11 is 0. The lowest BCUT2D eigenvalue weighted by Crippen LogP contribution is -2.28. The van der Waals surface area contributed by atoms with Crippen LogP contribution in [0.25, 0.3) is 0 Å². The van der Waals surface area contributed by atoms with Gasteiger partial charge in [0.2, 0.25) is 0 Å². The van der Waals surface area contributed by atoms with Gasteiger partial charge < -0.3 is 10.4 Å². The molecule has 1 atom stereocenters. The molecule has 0 aliphatic carbocycles. The van der Waals surface area contributed by atoms with Crippen LogP contribution in [0.5, 0.6) is 0 Å². The maximum Gasteiger partial charge on any atom is 0.0667 e. The van der Waals surface area contributed by atoms with Crippen molar-refractivity contribution in [1.82, 2.24) is 5.32 Å². The molecule has 0 spiro atoms. The molecular formula is C18H31NO. The number of hydrogen-bond acceptors (Lipinski definition) is 2. The lowest BCUT2D eigenvalue weighted by Gasteiger charge is -2.13. The van der Waals surface area contributed by atoms with Gasteiger partial charge in [0.05, 0.1) is 6.10 Å². The minimum Gasteiger partial charge on any atom is -0.392 e. The first-order chi connectivity index (χ1) is 9.49. The molecule has 0 saturated heterocycles. The first-order valence-electron chi connectivity index (χ1n) is 7.96. The smallest absolute Gasteiger partial charge is 0.0667 e. The minimum absolute atomic E-state index is 0.244. The van der Waals surface area contributed by atoms with Crippen molar-refractivity contribution in [2.75, 3.05) is 13.1 Å². The average molecular weight is 277 g/mol. The Hall–Kier alpha value is -0.860. The highest BCUT2D eigenvalue weighted by Gasteiger charge is 2.05. The minimum atomic E-state index is -0.244. The van der Waals surface area contributed by atoms with E-state index in [-0.39, 0.29) is 6.10 Å². The third-order valence-electron chi connectivity index (χ3n) is 3.69. The van der Waals surface area contributed by atoms with Gasteiger partial charge in [0.1, 0.15) is 0 Å². The second kappa shape index (κ2) is 9.15. The van der Waals surface area contributed by atoms with E-state index in [0.29, 0.717) is 12.5 Å². The van der Waals surface area contributed by atoms with E-state index in [1.807, 2.05) is 0 Å². The third kappa shape index (κ3) is 7.06. The zero-order chi connectivity index (χ0) is 15.0. The topological polar surface area (TPSA) is 32.3 Å². The molecule has 0 radical (unpaired) electrons. The SMILES string of the molecule is CC(C)CCNCC(O)CCc1ccc(C(C)C)cc1. The van der Waals surface area contributed by atoms with Crippen molar-refractivity contribution in [2.45, 2.75) is 59.0 Å². The molecule has 1 unspecified atom stereocenters. The van der Waals surface area contributed by atoms with Crippen LogP contribution in [0.2, 0.25) is 0 Å². The first-order valence-corrected chi connectivity index (χ1v) is 7.96. The van der Waals surface area contributed by atoms with Gasteiger partial charge in [-0.15, -0.1) is 0 Å². The lowest BCUT2D eigenvalue weighted by atomic mass is 9.99. The molecule has 0 saturated carbocycles. The monoisotopic (exact) mass is 277 g/mol. The second-order valence-corrected chi connectivity index (χ2v) is 6.48. The van der Waals surface area contributed by atoms with Gasteiger partial charge in [0.25, 0.3) is 0 Å². The number of aliphatic hydroxyl groups is 1. The zero-order valence-corrected chi connectivity index (χ0v) is 13.5. The highest BCUT2D eigenvalue weighted by atomic mass is 16.3. The summed E-state index contributed by atoms with van der Waals surface area (Å²) in [5.74, 6) is 1.30. The van der Waals surface area contributed by atoms with Crippen LogP contribution >= 0.6 is 0 Å². The van der Waals surface area contributed by atoms with Crippen molar-refractivity contribution in [3.05, 3.63) is 35.4 Å². The summed E-state index contributed by atoms with van der Waals surface area (Å²) in [6.07, 6.45) is 2.71. The Labute approximate surface area is 124 Å². The van der Waals surface area contributed by atoms with E-state index in [0.717, 1.165) is 25.3 Å². The predicted octanol–water partition coefficient (Wildman–Crippen LogP) is 3.74. The van der Waals surface area contributed by atoms with E-state index < -0.39 is 0 Å². The van der Waals surface area contributed by atoms with Crippen molar-refractivity contribution < 1.29 is 5.11 Å². The van der Waals surface area contributed by atoms with E-state index in [2.05, 4.69) is 57.3 Å². The quantitative estimate of drug-likeness (QED) is 0.674. The largest absolute Gasteiger partial charge is 0.392 e. The van der Waals surface area contributed by atoms with Crippen LogP contribution in [0.3, 0.4) is 0 Å². The van der Waals surface area contributed by atoms with E-state index in [4.69, 9.17) is 0 Å². The standard InChI is InChI=1S/C18H31NO/c1-14(2)11-12-19-13-18(20)10-7-16-5-8-17(9-6-16)15(3)4/h5-6,8-9,14-15,18-20H,7,10-13H2,1-4H3. The average Bonchev–Trinajstić information content (AvgIpc) is 2.41. The lowest BCUT2D eigenvalue weighted by molar-refractivity contribution is 0.161. The van der Waals surface area contributed by atoms with Crippen molar-refractivity contribution >= 4 is 0 Å². The highest BCUT2D eigenvalue weighted by molar-refractivity contribution is 5.24. The van der Waals surface area contributed by atoms with Crippen LogP contribution in [0.15, 0.2) is 24.3 Å². The first kappa shape index (κ1) is 17.2. The molecule has 1 rings (SSSR count). The molecule has 0 heterocycles. The zero-order valence-electron chi connectivity index (χ0n) is 13.5. The molecule has 0 aliphatic rings. The summed E-state index contributed by atoms with van der Waals surface area (Å²) in [6, 6.07) is 8.78. The Morgan fingerprint density at radius 1 is 1.00 bits per heavy atom. The second-order valence-electron chi connectivity index (χ2n) is 6.48. The molecule has 20 heavy (non-hydrogen) atoms. The van der Waals surface area contributed by atoms with Gasteiger partial charge in [-0.05, 0) is 48.8 Å². The Morgan fingerprint density at radius 3 is 2.20 bits per heavy atom. The fourth-order valence-electron chi connectivity index (χ4n) is 2.16. The van der Waals surface area contributed by atoms with Gasteiger partial charge in [-0.25, -0.2) is 0 Å². The van der Waals surface area contributed by atoms with E-state index in [1.54, 1.807) is 0 Å². The molecule has 1 aromatic carbocycles. The van der Waals surface area contributed by atoms with Crippen LogP contribution in [0.1, 0.15) is 57.6 Å². The molecule has 2 N–H and O–H groups in total. The number of rotatable bonds is 9. The summed E-state index contributed by atoms with van der Waals surface area (Å²) in [7, 11) is 0. The van der Waals surface area contributed by atoms with Crippen molar-refractivity contribution in [2.24, 2.45) is 5.92 Å². The molecule has 0 bridgehead atoms. The molecule has 0 fully saturated rings. The van der Waals surface area contributed by atoms with Crippen LogP contribution in [0.4, 0.5) is 0 Å². The number of benzene rings is 1. The molecule has 114 valence electrons. The predicted molar refractivity (Wildman–Crippen MR) is 87.2 cm³/mol. The van der Waals surface area contributed by atoms with Crippen molar-refractivity contribution in [1.29, 1.82) is 0 Å². The third-order valence-corrected chi connectivity index (χ3v) is 3.69. The number of nitrogens with one attached hydrogen (secondary N) is 1. The van der Waals surface area contributed by atoms with Crippen LogP contribution in [0, 0.1) is 5.92 Å². The maximum atomic E-state index is 9.96. The van der Waals surface area contributed by atoms with E-state index >= 15 is 0 Å². The van der Waals surface area contributed by atoms with Gasteiger partial charge in [-0.3, -0.25) is 0 Å². The summed E-state index contributed by atoms with van der Waals surface area (Å²) in [5, 5.41) is 13.3. The number of aliphatic hydroxyl groups excluding tert-OH is 1. The van der Waals surface area contributed by atoms with Crippen LogP contribution in [-0.4, -0.2) is 24.3 Å². The molecule has 0 aromatic heterocycles. The number of hydrogen-bond donors (Lipinski definition) is 2. The van der Waals surface area contributed by atoms with Gasteiger partial charge in [0, 0.05) is 6.54 Å². The van der Waals surface area contributed by atoms with E-state index in [9.17, 15) is 5.11 Å². The van der Waals surface area contributed by atoms with Crippen molar-refractivity contribution in [3.63, 3.8) is 0 Å². The molecule has 2 heteroatoms. The summed E-state index contributed by atoms with van der Waals surface area (Å²) in [4.78, 5) is 0. The maximum absolute atomic E-state index is 9.96. The van der Waals surface area contributed by atoms with Gasteiger partial charge in [-0.2, -0.15) is 0 Å². The molecule has 2 nitrogen and oxygen atoms in total. The van der Waals surface area contributed by atoms with Gasteiger partial charge in [-0.1, -0.05) is 52.0 Å². The van der Waals surface area contributed by atoms with Gasteiger partial charge >= 0.3 is 0 Å². The van der Waals surface area contributed by atoms with Crippen molar-refractivity contribution in [3.8, 4) is 0 Å². The summed E-state index contributed by atoms with van der Waals surface area (Å²) in [5.41, 5.74) is 2.69. The Kier molecular flexibility index (Phi) is 7.86. The Balaban J connectivity index is 2.21. The number of aryl methyl sites for hydroxylation is 1. The fraction of sp³-hybridized carbons (Fsp3) is 0.667. The molecule has 0 amide bonds. The Bertz CT molecular complexity index is 356. The Morgan fingerprint density at radius 2 is 1.65 bits per heavy atom. The van der Waals surface area contributed by atoms with Crippen LogP contribution in [-0.2, 0) is 6.42 Å². The fourth-order valence-corrected chi connectivity index (χ4v) is 2.16. The van der Waals surface area contributed by atoms with Crippen LogP contribution < -0.4 is 5.32 Å². The molecule has 1 aromatic rings. The summed E-state index contributed by atoms with van der Waals surface area (Å²) in [6.45, 7) is 10.6.